The van der Waals surface area contributed by atoms with Gasteiger partial charge in [-0.15, -0.1) is 13.2 Å². The van der Waals surface area contributed by atoms with Gasteiger partial charge in [-0.3, -0.25) is 0 Å². The summed E-state index contributed by atoms with van der Waals surface area (Å²) >= 11 is 0. The van der Waals surface area contributed by atoms with E-state index in [1.807, 2.05) is 30.3 Å². The summed E-state index contributed by atoms with van der Waals surface area (Å²) in [6, 6.07) is 20.2. The van der Waals surface area contributed by atoms with Crippen molar-refractivity contribution in [2.24, 2.45) is 0 Å². The van der Waals surface area contributed by atoms with Crippen LogP contribution in [0.15, 0.2) is 72.8 Å². The number of β-amino-alcohol motifs (C(OH)–C–C–N with tert-alkyl or cyclic N) is 1. The predicted molar refractivity (Wildman–Crippen MR) is 138 cm³/mol. The number of ether oxygens (including phenoxy) is 2. The van der Waals surface area contributed by atoms with E-state index >= 15 is 0 Å². The molecule has 0 radical (unpaired) electrons. The number of para-hydroxylation sites is 1. The molecule has 5 rings (SSSR count). The zero-order valence-electron chi connectivity index (χ0n) is 21.3. The maximum atomic E-state index is 13.4. The molecule has 2 aliphatic rings. The van der Waals surface area contributed by atoms with Crippen molar-refractivity contribution in [3.8, 4) is 5.75 Å². The Labute approximate surface area is 227 Å². The van der Waals surface area contributed by atoms with Crippen molar-refractivity contribution in [2.45, 2.75) is 42.9 Å². The van der Waals surface area contributed by atoms with E-state index in [4.69, 9.17) is 4.74 Å². The highest BCUT2D eigenvalue weighted by Crippen LogP contribution is 2.48. The van der Waals surface area contributed by atoms with Crippen molar-refractivity contribution < 1.29 is 40.9 Å². The maximum absolute atomic E-state index is 13.4. The van der Waals surface area contributed by atoms with Crippen LogP contribution in [0.3, 0.4) is 0 Å². The first-order chi connectivity index (χ1) is 18.9. The SMILES string of the molecule is O[C@H](CN1CC(Cc2cccc(OC(F)(F)F)c2)(c2cccc(NC3CCOC3)c2)c2ccccc21)C(F)(F)F. The lowest BCUT2D eigenvalue weighted by molar-refractivity contribution is -0.274. The van der Waals surface area contributed by atoms with E-state index in [-0.39, 0.29) is 24.8 Å². The molecule has 0 aliphatic carbocycles. The fraction of sp³-hybridized carbons (Fsp3) is 0.379. The molecule has 40 heavy (non-hydrogen) atoms. The highest BCUT2D eigenvalue weighted by molar-refractivity contribution is 5.68. The Bertz CT molecular complexity index is 1330. The number of hydrogen-bond donors (Lipinski definition) is 2. The number of hydrogen-bond acceptors (Lipinski definition) is 5. The van der Waals surface area contributed by atoms with Crippen molar-refractivity contribution in [3.63, 3.8) is 0 Å². The molecular formula is C29H28F6N2O3. The van der Waals surface area contributed by atoms with Crippen LogP contribution in [0.25, 0.3) is 0 Å². The molecule has 1 saturated heterocycles. The highest BCUT2D eigenvalue weighted by atomic mass is 19.4. The fourth-order valence-electron chi connectivity index (χ4n) is 5.62. The third-order valence-corrected chi connectivity index (χ3v) is 7.35. The second-order valence-electron chi connectivity index (χ2n) is 10.2. The Balaban J connectivity index is 1.58. The number of benzene rings is 3. The van der Waals surface area contributed by atoms with Crippen LogP contribution in [-0.4, -0.2) is 56.1 Å². The van der Waals surface area contributed by atoms with Gasteiger partial charge in [-0.05, 0) is 59.9 Å². The summed E-state index contributed by atoms with van der Waals surface area (Å²) in [5.74, 6) is -0.382. The standard InChI is InChI=1S/C29H28F6N2O3/c30-28(31,32)26(38)16-37-18-27(24-9-1-2-10-25(24)37,15-19-5-3-8-23(13-19)40-29(33,34)35)20-6-4-7-21(14-20)36-22-11-12-39-17-22/h1-10,13-14,22,26,36,38H,11-12,15-18H2/t22?,26-,27?/m1/s1. The zero-order valence-corrected chi connectivity index (χ0v) is 21.3. The number of anilines is 2. The largest absolute Gasteiger partial charge is 0.573 e. The van der Waals surface area contributed by atoms with Crippen LogP contribution in [0.1, 0.15) is 23.1 Å². The first-order valence-electron chi connectivity index (χ1n) is 12.8. The molecule has 2 heterocycles. The lowest BCUT2D eigenvalue weighted by Gasteiger charge is -2.33. The van der Waals surface area contributed by atoms with Crippen molar-refractivity contribution >= 4 is 11.4 Å². The van der Waals surface area contributed by atoms with Crippen LogP contribution in [-0.2, 0) is 16.6 Å². The molecule has 0 spiro atoms. The molecule has 2 unspecified atom stereocenters. The first-order valence-corrected chi connectivity index (χ1v) is 12.8. The van der Waals surface area contributed by atoms with Crippen molar-refractivity contribution in [1.82, 2.24) is 0 Å². The van der Waals surface area contributed by atoms with Gasteiger partial charge in [-0.2, -0.15) is 13.2 Å². The summed E-state index contributed by atoms with van der Waals surface area (Å²) in [5.41, 5.74) is 2.38. The van der Waals surface area contributed by atoms with Crippen molar-refractivity contribution in [3.05, 3.63) is 89.5 Å². The molecule has 11 heteroatoms. The van der Waals surface area contributed by atoms with E-state index in [9.17, 15) is 31.4 Å². The van der Waals surface area contributed by atoms with Crippen LogP contribution < -0.4 is 15.0 Å². The Hall–Kier alpha value is -3.44. The van der Waals surface area contributed by atoms with Gasteiger partial charge in [0, 0.05) is 29.9 Å². The number of fused-ring (bicyclic) bond motifs is 1. The van der Waals surface area contributed by atoms with Crippen LogP contribution >= 0.6 is 0 Å². The second kappa shape index (κ2) is 10.9. The Kier molecular flexibility index (Phi) is 7.62. The Morgan fingerprint density at radius 1 is 1.00 bits per heavy atom. The van der Waals surface area contributed by atoms with E-state index in [1.54, 1.807) is 24.3 Å². The van der Waals surface area contributed by atoms with Crippen molar-refractivity contribution in [2.75, 3.05) is 36.5 Å². The minimum atomic E-state index is -4.87. The maximum Gasteiger partial charge on any atom is 0.573 e. The Morgan fingerprint density at radius 2 is 1.77 bits per heavy atom. The Morgan fingerprint density at radius 3 is 2.50 bits per heavy atom. The summed E-state index contributed by atoms with van der Waals surface area (Å²) < 4.78 is 88.5. The molecule has 0 bridgehead atoms. The third kappa shape index (κ3) is 6.15. The smallest absolute Gasteiger partial charge is 0.406 e. The number of rotatable bonds is 8. The third-order valence-electron chi connectivity index (χ3n) is 7.35. The molecule has 0 aromatic heterocycles. The monoisotopic (exact) mass is 566 g/mol. The van der Waals surface area contributed by atoms with Crippen LogP contribution in [0.4, 0.5) is 37.7 Å². The summed E-state index contributed by atoms with van der Waals surface area (Å²) in [4.78, 5) is 1.49. The molecule has 1 fully saturated rings. The average Bonchev–Trinajstić information content (AvgIpc) is 3.50. The van der Waals surface area contributed by atoms with Gasteiger partial charge in [-0.1, -0.05) is 42.5 Å². The number of alkyl halides is 6. The average molecular weight is 567 g/mol. The van der Waals surface area contributed by atoms with Gasteiger partial charge >= 0.3 is 12.5 Å². The number of nitrogens with zero attached hydrogens (tertiary/aromatic N) is 1. The van der Waals surface area contributed by atoms with Gasteiger partial charge in [0.1, 0.15) is 5.75 Å². The molecule has 3 aromatic carbocycles. The van der Waals surface area contributed by atoms with Gasteiger partial charge in [0.05, 0.1) is 19.2 Å². The quantitative estimate of drug-likeness (QED) is 0.325. The minimum Gasteiger partial charge on any atom is -0.406 e. The summed E-state index contributed by atoms with van der Waals surface area (Å²) in [6.07, 6.45) is -11.3. The molecule has 3 atom stereocenters. The lowest BCUT2D eigenvalue weighted by atomic mass is 9.71. The lowest BCUT2D eigenvalue weighted by Crippen LogP contribution is -2.44. The molecule has 0 saturated carbocycles. The summed E-state index contributed by atoms with van der Waals surface area (Å²) in [5, 5.41) is 13.4. The first kappa shape index (κ1) is 28.1. The van der Waals surface area contributed by atoms with E-state index in [0.29, 0.717) is 30.0 Å². The molecule has 5 nitrogen and oxygen atoms in total. The van der Waals surface area contributed by atoms with Gasteiger partial charge in [-0.25, -0.2) is 0 Å². The topological polar surface area (TPSA) is 54.0 Å². The predicted octanol–water partition coefficient (Wildman–Crippen LogP) is 6.06. The molecule has 2 N–H and O–H groups in total. The van der Waals surface area contributed by atoms with Gasteiger partial charge in [0.2, 0.25) is 0 Å². The van der Waals surface area contributed by atoms with E-state index in [2.05, 4.69) is 10.1 Å². The van der Waals surface area contributed by atoms with Crippen LogP contribution in [0.5, 0.6) is 5.75 Å². The number of nitrogens with one attached hydrogen (secondary N) is 1. The zero-order chi connectivity index (χ0) is 28.5. The van der Waals surface area contributed by atoms with Gasteiger partial charge < -0.3 is 24.8 Å². The number of halogens is 6. The van der Waals surface area contributed by atoms with Gasteiger partial charge in [0.25, 0.3) is 0 Å². The molecule has 0 amide bonds. The van der Waals surface area contributed by atoms with Gasteiger partial charge in [0.15, 0.2) is 6.10 Å². The second-order valence-corrected chi connectivity index (χ2v) is 10.2. The molecular weight excluding hydrogens is 538 g/mol. The van der Waals surface area contributed by atoms with Crippen LogP contribution in [0.2, 0.25) is 0 Å². The van der Waals surface area contributed by atoms with E-state index in [0.717, 1.165) is 17.7 Å². The number of aliphatic hydroxyl groups excluding tert-OH is 1. The fourth-order valence-corrected chi connectivity index (χ4v) is 5.62. The molecule has 3 aromatic rings. The number of aliphatic hydroxyl groups is 1. The summed E-state index contributed by atoms with van der Waals surface area (Å²) in [7, 11) is 0. The van der Waals surface area contributed by atoms with E-state index < -0.39 is 30.6 Å². The van der Waals surface area contributed by atoms with Crippen molar-refractivity contribution in [1.29, 1.82) is 0 Å². The molecule has 214 valence electrons. The van der Waals surface area contributed by atoms with E-state index in [1.165, 1.54) is 23.1 Å². The normalized spacial score (nSPS) is 21.8. The summed E-state index contributed by atoms with van der Waals surface area (Å²) in [6.45, 7) is 0.575. The molecule has 2 aliphatic heterocycles. The van der Waals surface area contributed by atoms with Crippen LogP contribution in [0, 0.1) is 0 Å². The minimum absolute atomic E-state index is 0.0693. The highest BCUT2D eigenvalue weighted by Gasteiger charge is 2.47.